The Morgan fingerprint density at radius 1 is 1.40 bits per heavy atom. The summed E-state index contributed by atoms with van der Waals surface area (Å²) < 4.78 is 0. The molecule has 1 aromatic carbocycles. The van der Waals surface area contributed by atoms with Crippen LogP contribution in [0.3, 0.4) is 0 Å². The van der Waals surface area contributed by atoms with E-state index in [4.69, 9.17) is 5.11 Å². The van der Waals surface area contributed by atoms with Crippen molar-refractivity contribution < 1.29 is 5.11 Å². The molecule has 0 aliphatic rings. The van der Waals surface area contributed by atoms with Gasteiger partial charge in [0.1, 0.15) is 0 Å². The maximum atomic E-state index is 8.93. The van der Waals surface area contributed by atoms with Gasteiger partial charge in [-0.3, -0.25) is 0 Å². The second kappa shape index (κ2) is 6.36. The second-order valence-corrected chi connectivity index (χ2v) is 3.89. The Kier molecular flexibility index (Phi) is 5.05. The van der Waals surface area contributed by atoms with Crippen LogP contribution in [-0.4, -0.2) is 10.2 Å². The van der Waals surface area contributed by atoms with E-state index in [1.54, 1.807) is 6.08 Å². The molecule has 1 nitrogen and oxygen atoms in total. The van der Waals surface area contributed by atoms with Gasteiger partial charge in [-0.2, -0.15) is 0 Å². The van der Waals surface area contributed by atoms with E-state index in [2.05, 4.69) is 25.2 Å². The molecule has 0 atom stereocenters. The summed E-state index contributed by atoms with van der Waals surface area (Å²) >= 11 is 4.59. The lowest BCUT2D eigenvalue weighted by atomic mass is 10.0. The third-order valence-electron chi connectivity index (χ3n) is 2.26. The summed E-state index contributed by atoms with van der Waals surface area (Å²) in [6.45, 7) is 2.18. The Morgan fingerprint density at radius 3 is 2.80 bits per heavy atom. The molecule has 0 aliphatic carbocycles. The van der Waals surface area contributed by atoms with Crippen molar-refractivity contribution in [2.75, 3.05) is 0 Å². The molecule has 15 heavy (non-hydrogen) atoms. The third kappa shape index (κ3) is 4.26. The summed E-state index contributed by atoms with van der Waals surface area (Å²) in [7, 11) is 0. The summed E-state index contributed by atoms with van der Waals surface area (Å²) in [5.41, 5.74) is 2.45. The molecule has 0 aliphatic heterocycles. The lowest BCUT2D eigenvalue weighted by molar-refractivity contribution is 0.574. The first-order valence-electron chi connectivity index (χ1n) is 5.23. The average Bonchev–Trinajstić information content (AvgIpc) is 2.24. The summed E-state index contributed by atoms with van der Waals surface area (Å²) in [4.78, 5) is 0. The molecule has 0 heterocycles. The van der Waals surface area contributed by atoms with E-state index in [1.165, 1.54) is 18.4 Å². The Balaban J connectivity index is 2.81. The van der Waals surface area contributed by atoms with E-state index < -0.39 is 0 Å². The van der Waals surface area contributed by atoms with Crippen LogP contribution >= 0.6 is 12.2 Å². The largest absolute Gasteiger partial charge is 0.499 e. The van der Waals surface area contributed by atoms with Crippen molar-refractivity contribution in [2.24, 2.45) is 0 Å². The van der Waals surface area contributed by atoms with Gasteiger partial charge in [0.25, 0.3) is 0 Å². The second-order valence-electron chi connectivity index (χ2n) is 3.47. The molecule has 80 valence electrons. The fourth-order valence-electron chi connectivity index (χ4n) is 1.45. The number of aryl methyl sites for hydroxylation is 1. The van der Waals surface area contributed by atoms with Crippen LogP contribution in [0.4, 0.5) is 0 Å². The molecule has 0 bridgehead atoms. The Labute approximate surface area is 96.4 Å². The highest BCUT2D eigenvalue weighted by Gasteiger charge is 1.97. The number of aliphatic hydroxyl groups excluding tert-OH is 1. The SMILES string of the molecule is CCCCc1ccccc1/C=C/C(O)=S. The van der Waals surface area contributed by atoms with E-state index >= 15 is 0 Å². The molecular formula is C13H16OS. The fraction of sp³-hybridized carbons (Fsp3) is 0.308. The minimum atomic E-state index is -0.0692. The van der Waals surface area contributed by atoms with Crippen molar-refractivity contribution in [3.8, 4) is 0 Å². The van der Waals surface area contributed by atoms with Crippen LogP contribution in [-0.2, 0) is 6.42 Å². The van der Waals surface area contributed by atoms with Gasteiger partial charge in [0.15, 0.2) is 5.05 Å². The van der Waals surface area contributed by atoms with Crippen LogP contribution in [0.15, 0.2) is 30.3 Å². The van der Waals surface area contributed by atoms with E-state index in [-0.39, 0.29) is 5.05 Å². The topological polar surface area (TPSA) is 20.2 Å². The highest BCUT2D eigenvalue weighted by atomic mass is 32.1. The van der Waals surface area contributed by atoms with Gasteiger partial charge in [0, 0.05) is 0 Å². The molecule has 0 saturated heterocycles. The first-order valence-corrected chi connectivity index (χ1v) is 5.63. The number of hydrogen-bond acceptors (Lipinski definition) is 1. The lowest BCUT2D eigenvalue weighted by Gasteiger charge is -2.04. The summed E-state index contributed by atoms with van der Waals surface area (Å²) in [5, 5.41) is 8.86. The van der Waals surface area contributed by atoms with Gasteiger partial charge in [-0.05, 0) is 42.3 Å². The van der Waals surface area contributed by atoms with Crippen LogP contribution in [0.5, 0.6) is 0 Å². The molecule has 2 heteroatoms. The number of aliphatic hydroxyl groups is 1. The molecule has 1 N–H and O–H groups in total. The minimum absolute atomic E-state index is 0.0692. The van der Waals surface area contributed by atoms with Crippen LogP contribution in [0.2, 0.25) is 0 Å². The quantitative estimate of drug-likeness (QED) is 0.599. The van der Waals surface area contributed by atoms with E-state index in [0.717, 1.165) is 12.0 Å². The Bertz CT molecular complexity index is 355. The van der Waals surface area contributed by atoms with E-state index in [1.807, 2.05) is 24.3 Å². The Morgan fingerprint density at radius 2 is 2.13 bits per heavy atom. The average molecular weight is 220 g/mol. The smallest absolute Gasteiger partial charge is 0.181 e. The van der Waals surface area contributed by atoms with Crippen molar-refractivity contribution in [1.29, 1.82) is 0 Å². The molecule has 0 unspecified atom stereocenters. The van der Waals surface area contributed by atoms with Crippen LogP contribution < -0.4 is 0 Å². The fourth-order valence-corrected chi connectivity index (χ4v) is 1.52. The number of thiocarbonyl (C=S) groups is 1. The van der Waals surface area contributed by atoms with Crippen LogP contribution in [0.1, 0.15) is 30.9 Å². The zero-order valence-corrected chi connectivity index (χ0v) is 9.76. The number of hydrogen-bond donors (Lipinski definition) is 1. The van der Waals surface area contributed by atoms with Crippen molar-refractivity contribution in [3.63, 3.8) is 0 Å². The first kappa shape index (κ1) is 11.9. The summed E-state index contributed by atoms with van der Waals surface area (Å²) in [6.07, 6.45) is 6.88. The third-order valence-corrected chi connectivity index (χ3v) is 2.40. The van der Waals surface area contributed by atoms with Gasteiger partial charge in [0.05, 0.1) is 0 Å². The van der Waals surface area contributed by atoms with Crippen molar-refractivity contribution in [3.05, 3.63) is 41.5 Å². The highest BCUT2D eigenvalue weighted by molar-refractivity contribution is 7.80. The Hall–Kier alpha value is -1.15. The molecule has 1 aromatic rings. The molecule has 0 aromatic heterocycles. The predicted molar refractivity (Wildman–Crippen MR) is 69.3 cm³/mol. The molecule has 0 radical (unpaired) electrons. The summed E-state index contributed by atoms with van der Waals surface area (Å²) in [6, 6.07) is 8.20. The van der Waals surface area contributed by atoms with Crippen molar-refractivity contribution in [1.82, 2.24) is 0 Å². The number of unbranched alkanes of at least 4 members (excludes halogenated alkanes) is 1. The molecule has 1 rings (SSSR count). The molecular weight excluding hydrogens is 204 g/mol. The number of rotatable bonds is 5. The van der Waals surface area contributed by atoms with Crippen LogP contribution in [0.25, 0.3) is 6.08 Å². The normalized spacial score (nSPS) is 10.7. The van der Waals surface area contributed by atoms with Gasteiger partial charge in [-0.1, -0.05) is 43.7 Å². The molecule has 0 spiro atoms. The molecule has 0 saturated carbocycles. The predicted octanol–water partition coefficient (Wildman–Crippen LogP) is 3.93. The molecule has 0 fully saturated rings. The van der Waals surface area contributed by atoms with E-state index in [9.17, 15) is 0 Å². The summed E-state index contributed by atoms with van der Waals surface area (Å²) in [5.74, 6) is 0. The van der Waals surface area contributed by atoms with Crippen molar-refractivity contribution in [2.45, 2.75) is 26.2 Å². The van der Waals surface area contributed by atoms with Gasteiger partial charge < -0.3 is 5.11 Å². The highest BCUT2D eigenvalue weighted by Crippen LogP contribution is 2.13. The first-order chi connectivity index (χ1) is 7.24. The van der Waals surface area contributed by atoms with Crippen molar-refractivity contribution >= 4 is 23.3 Å². The van der Waals surface area contributed by atoms with Gasteiger partial charge in [-0.15, -0.1) is 0 Å². The van der Waals surface area contributed by atoms with Gasteiger partial charge in [-0.25, -0.2) is 0 Å². The van der Waals surface area contributed by atoms with Crippen LogP contribution in [0, 0.1) is 0 Å². The zero-order chi connectivity index (χ0) is 11.1. The van der Waals surface area contributed by atoms with Gasteiger partial charge >= 0.3 is 0 Å². The monoisotopic (exact) mass is 220 g/mol. The van der Waals surface area contributed by atoms with Gasteiger partial charge in [0.2, 0.25) is 0 Å². The maximum Gasteiger partial charge on any atom is 0.181 e. The zero-order valence-electron chi connectivity index (χ0n) is 8.94. The minimum Gasteiger partial charge on any atom is -0.499 e. The molecule has 0 amide bonds. The lowest BCUT2D eigenvalue weighted by Crippen LogP contribution is -1.90. The maximum absolute atomic E-state index is 8.93. The van der Waals surface area contributed by atoms with E-state index in [0.29, 0.717) is 0 Å². The standard InChI is InChI=1S/C13H16OS/c1-2-3-6-11-7-4-5-8-12(11)9-10-13(14)15/h4-5,7-10H,2-3,6H2,1H3,(H,14,15)/b10-9+. The number of benzene rings is 1.